The second-order valence-electron chi connectivity index (χ2n) is 3.63. The standard InChI is InChI=1S/C12H19N3O2/c1-13-11(16)6-4-7-14-9-10-5-3-8-15-12(10)17-2/h3,5,8,14H,4,6-7,9H2,1-2H3,(H,13,16). The van der Waals surface area contributed by atoms with Crippen molar-refractivity contribution in [2.45, 2.75) is 19.4 Å². The van der Waals surface area contributed by atoms with Crippen LogP contribution in [0.25, 0.3) is 0 Å². The molecule has 1 aromatic heterocycles. The summed E-state index contributed by atoms with van der Waals surface area (Å²) < 4.78 is 5.14. The minimum atomic E-state index is 0.0748. The molecule has 0 spiro atoms. The first-order valence-electron chi connectivity index (χ1n) is 5.67. The SMILES string of the molecule is CNC(=O)CCCNCc1cccnc1OC. The predicted octanol–water partition coefficient (Wildman–Crippen LogP) is 0.706. The fourth-order valence-electron chi connectivity index (χ4n) is 1.46. The fourth-order valence-corrected chi connectivity index (χ4v) is 1.46. The van der Waals surface area contributed by atoms with Crippen molar-refractivity contribution in [1.29, 1.82) is 0 Å². The van der Waals surface area contributed by atoms with Gasteiger partial charge in [-0.1, -0.05) is 6.07 Å². The number of hydrogen-bond acceptors (Lipinski definition) is 4. The van der Waals surface area contributed by atoms with Gasteiger partial charge in [0.15, 0.2) is 0 Å². The zero-order valence-corrected chi connectivity index (χ0v) is 10.3. The highest BCUT2D eigenvalue weighted by Gasteiger charge is 2.02. The lowest BCUT2D eigenvalue weighted by Crippen LogP contribution is -2.21. The van der Waals surface area contributed by atoms with Gasteiger partial charge in [0.1, 0.15) is 0 Å². The molecular weight excluding hydrogens is 218 g/mol. The van der Waals surface area contributed by atoms with E-state index in [0.717, 1.165) is 18.5 Å². The van der Waals surface area contributed by atoms with Crippen molar-refractivity contribution in [2.24, 2.45) is 0 Å². The van der Waals surface area contributed by atoms with E-state index in [1.807, 2.05) is 12.1 Å². The zero-order valence-electron chi connectivity index (χ0n) is 10.3. The Hall–Kier alpha value is -1.62. The van der Waals surface area contributed by atoms with E-state index < -0.39 is 0 Å². The van der Waals surface area contributed by atoms with Gasteiger partial charge in [0.25, 0.3) is 0 Å². The molecule has 0 saturated heterocycles. The third-order valence-corrected chi connectivity index (χ3v) is 2.39. The summed E-state index contributed by atoms with van der Waals surface area (Å²) in [6, 6.07) is 3.85. The Bertz CT molecular complexity index is 355. The molecule has 1 aromatic rings. The van der Waals surface area contributed by atoms with Gasteiger partial charge in [-0.3, -0.25) is 4.79 Å². The number of nitrogens with one attached hydrogen (secondary N) is 2. The van der Waals surface area contributed by atoms with Crippen molar-refractivity contribution in [3.05, 3.63) is 23.9 Å². The van der Waals surface area contributed by atoms with Crippen LogP contribution in [0.4, 0.5) is 0 Å². The van der Waals surface area contributed by atoms with Crippen LogP contribution in [0.2, 0.25) is 0 Å². The quantitative estimate of drug-likeness (QED) is 0.685. The minimum Gasteiger partial charge on any atom is -0.481 e. The summed E-state index contributed by atoms with van der Waals surface area (Å²) in [6.07, 6.45) is 3.07. The number of amides is 1. The Kier molecular flexibility index (Phi) is 6.03. The predicted molar refractivity (Wildman–Crippen MR) is 65.8 cm³/mol. The molecule has 0 radical (unpaired) electrons. The van der Waals surface area contributed by atoms with E-state index in [4.69, 9.17) is 4.74 Å². The highest BCUT2D eigenvalue weighted by molar-refractivity contribution is 5.75. The summed E-state index contributed by atoms with van der Waals surface area (Å²) in [5, 5.41) is 5.85. The molecule has 0 aliphatic carbocycles. The lowest BCUT2D eigenvalue weighted by Gasteiger charge is -2.08. The largest absolute Gasteiger partial charge is 0.481 e. The molecular formula is C12H19N3O2. The second-order valence-corrected chi connectivity index (χ2v) is 3.63. The molecule has 17 heavy (non-hydrogen) atoms. The molecule has 0 aromatic carbocycles. The van der Waals surface area contributed by atoms with Crippen molar-refractivity contribution < 1.29 is 9.53 Å². The number of carbonyl (C=O) groups is 1. The number of methoxy groups -OCH3 is 1. The van der Waals surface area contributed by atoms with Crippen LogP contribution in [-0.4, -0.2) is 31.6 Å². The van der Waals surface area contributed by atoms with E-state index in [0.29, 0.717) is 18.8 Å². The first kappa shape index (κ1) is 13.4. The molecule has 0 aliphatic heterocycles. The smallest absolute Gasteiger partial charge is 0.219 e. The number of aromatic nitrogens is 1. The Morgan fingerprint density at radius 3 is 3.06 bits per heavy atom. The summed E-state index contributed by atoms with van der Waals surface area (Å²) in [6.45, 7) is 1.50. The van der Waals surface area contributed by atoms with Gasteiger partial charge in [0.2, 0.25) is 11.8 Å². The number of rotatable bonds is 7. The third-order valence-electron chi connectivity index (χ3n) is 2.39. The van der Waals surface area contributed by atoms with Crippen molar-refractivity contribution >= 4 is 5.91 Å². The number of pyridine rings is 1. The topological polar surface area (TPSA) is 63.2 Å². The molecule has 0 aliphatic rings. The van der Waals surface area contributed by atoms with Crippen LogP contribution in [0.15, 0.2) is 18.3 Å². The van der Waals surface area contributed by atoms with Gasteiger partial charge < -0.3 is 15.4 Å². The maximum atomic E-state index is 11.0. The highest BCUT2D eigenvalue weighted by Crippen LogP contribution is 2.12. The molecule has 0 saturated carbocycles. The maximum Gasteiger partial charge on any atom is 0.219 e. The molecule has 1 amide bonds. The Balaban J connectivity index is 2.24. The number of carbonyl (C=O) groups excluding carboxylic acids is 1. The van der Waals surface area contributed by atoms with Crippen molar-refractivity contribution in [2.75, 3.05) is 20.7 Å². The highest BCUT2D eigenvalue weighted by atomic mass is 16.5. The monoisotopic (exact) mass is 237 g/mol. The van der Waals surface area contributed by atoms with Crippen molar-refractivity contribution in [1.82, 2.24) is 15.6 Å². The summed E-state index contributed by atoms with van der Waals surface area (Å²) >= 11 is 0. The van der Waals surface area contributed by atoms with Gasteiger partial charge in [0, 0.05) is 31.8 Å². The minimum absolute atomic E-state index is 0.0748. The van der Waals surface area contributed by atoms with Crippen LogP contribution < -0.4 is 15.4 Å². The molecule has 0 bridgehead atoms. The summed E-state index contributed by atoms with van der Waals surface area (Å²) in [5.74, 6) is 0.719. The van der Waals surface area contributed by atoms with Crippen LogP contribution in [0, 0.1) is 0 Å². The molecule has 0 atom stereocenters. The van der Waals surface area contributed by atoms with E-state index in [9.17, 15) is 4.79 Å². The van der Waals surface area contributed by atoms with E-state index in [1.165, 1.54) is 0 Å². The molecule has 0 fully saturated rings. The molecule has 5 heteroatoms. The molecule has 0 unspecified atom stereocenters. The molecule has 1 heterocycles. The molecule has 2 N–H and O–H groups in total. The molecule has 94 valence electrons. The van der Waals surface area contributed by atoms with Crippen LogP contribution in [0.3, 0.4) is 0 Å². The molecule has 1 rings (SSSR count). The van der Waals surface area contributed by atoms with Gasteiger partial charge in [-0.25, -0.2) is 4.98 Å². The van der Waals surface area contributed by atoms with E-state index in [-0.39, 0.29) is 5.91 Å². The zero-order chi connectivity index (χ0) is 12.5. The van der Waals surface area contributed by atoms with Gasteiger partial charge in [-0.2, -0.15) is 0 Å². The third kappa shape index (κ3) is 4.82. The Labute approximate surface area is 102 Å². The normalized spacial score (nSPS) is 10.0. The second kappa shape index (κ2) is 7.62. The van der Waals surface area contributed by atoms with Crippen molar-refractivity contribution in [3.63, 3.8) is 0 Å². The van der Waals surface area contributed by atoms with Gasteiger partial charge >= 0.3 is 0 Å². The Morgan fingerprint density at radius 2 is 2.35 bits per heavy atom. The van der Waals surface area contributed by atoms with Gasteiger partial charge in [-0.15, -0.1) is 0 Å². The lowest BCUT2D eigenvalue weighted by molar-refractivity contribution is -0.120. The van der Waals surface area contributed by atoms with E-state index in [2.05, 4.69) is 15.6 Å². The van der Waals surface area contributed by atoms with Gasteiger partial charge in [0.05, 0.1) is 7.11 Å². The summed E-state index contributed by atoms with van der Waals surface area (Å²) in [7, 11) is 3.26. The maximum absolute atomic E-state index is 11.0. The lowest BCUT2D eigenvalue weighted by atomic mass is 10.2. The number of ether oxygens (including phenoxy) is 1. The number of nitrogens with zero attached hydrogens (tertiary/aromatic N) is 1. The first-order chi connectivity index (χ1) is 8.27. The number of hydrogen-bond donors (Lipinski definition) is 2. The summed E-state index contributed by atoms with van der Waals surface area (Å²) in [4.78, 5) is 15.1. The van der Waals surface area contributed by atoms with Crippen LogP contribution in [0.5, 0.6) is 5.88 Å². The van der Waals surface area contributed by atoms with E-state index in [1.54, 1.807) is 20.4 Å². The molecule has 5 nitrogen and oxygen atoms in total. The van der Waals surface area contributed by atoms with Gasteiger partial charge in [-0.05, 0) is 19.0 Å². The fraction of sp³-hybridized carbons (Fsp3) is 0.500. The average molecular weight is 237 g/mol. The summed E-state index contributed by atoms with van der Waals surface area (Å²) in [5.41, 5.74) is 1.02. The first-order valence-corrected chi connectivity index (χ1v) is 5.67. The van der Waals surface area contributed by atoms with Crippen molar-refractivity contribution in [3.8, 4) is 5.88 Å². The van der Waals surface area contributed by atoms with Crippen LogP contribution >= 0.6 is 0 Å². The van der Waals surface area contributed by atoms with E-state index >= 15 is 0 Å². The van der Waals surface area contributed by atoms with Crippen LogP contribution in [0.1, 0.15) is 18.4 Å². The van der Waals surface area contributed by atoms with Crippen LogP contribution in [-0.2, 0) is 11.3 Å². The Morgan fingerprint density at radius 1 is 1.53 bits per heavy atom. The average Bonchev–Trinajstić information content (AvgIpc) is 2.38.